The molecule has 0 aromatic heterocycles. The highest BCUT2D eigenvalue weighted by molar-refractivity contribution is 5.94. The number of phenols is 1. The van der Waals surface area contributed by atoms with Crippen molar-refractivity contribution in [1.82, 2.24) is 5.43 Å². The molecule has 1 amide bonds. The first-order valence-electron chi connectivity index (χ1n) is 7.49. The summed E-state index contributed by atoms with van der Waals surface area (Å²) in [5.74, 6) is -1.30. The van der Waals surface area contributed by atoms with E-state index in [9.17, 15) is 31.1 Å². The Morgan fingerprint density at radius 3 is 2.14 bits per heavy atom. The van der Waals surface area contributed by atoms with Gasteiger partial charge in [-0.1, -0.05) is 0 Å². The van der Waals surface area contributed by atoms with Gasteiger partial charge in [-0.25, -0.2) is 9.82 Å². The predicted octanol–water partition coefficient (Wildman–Crippen LogP) is 4.03. The number of halogens is 6. The maximum absolute atomic E-state index is 13.2. The number of benzene rings is 2. The molecule has 0 saturated carbocycles. The maximum atomic E-state index is 13.2. The number of ether oxygens (including phenoxy) is 1. The molecule has 2 N–H and O–H groups in total. The van der Waals surface area contributed by atoms with Crippen LogP contribution in [0, 0.1) is 0 Å². The lowest BCUT2D eigenvalue weighted by atomic mass is 10.2. The summed E-state index contributed by atoms with van der Waals surface area (Å²) in [6.07, 6.45) is -14.2. The molecule has 150 valence electrons. The van der Waals surface area contributed by atoms with E-state index in [4.69, 9.17) is 5.11 Å². The predicted molar refractivity (Wildman–Crippen MR) is 86.1 cm³/mol. The molecule has 0 aliphatic rings. The first kappa shape index (κ1) is 21.1. The highest BCUT2D eigenvalue weighted by atomic mass is 19.4. The van der Waals surface area contributed by atoms with E-state index in [1.165, 1.54) is 24.3 Å². The Labute approximate surface area is 154 Å². The van der Waals surface area contributed by atoms with Gasteiger partial charge in [0.25, 0.3) is 12.1 Å². The van der Waals surface area contributed by atoms with Crippen molar-refractivity contribution < 1.29 is 41.0 Å². The van der Waals surface area contributed by atoms with Gasteiger partial charge in [-0.3, -0.25) is 4.79 Å². The number of hydrogen-bond donors (Lipinski definition) is 2. The van der Waals surface area contributed by atoms with Crippen LogP contribution in [0.15, 0.2) is 53.6 Å². The van der Waals surface area contributed by atoms with Crippen molar-refractivity contribution in [3.63, 3.8) is 0 Å². The van der Waals surface area contributed by atoms with Crippen molar-refractivity contribution >= 4 is 12.1 Å². The smallest absolute Gasteiger partial charge is 0.439 e. The highest BCUT2D eigenvalue weighted by Crippen LogP contribution is 2.36. The molecular weight excluding hydrogens is 394 g/mol. The van der Waals surface area contributed by atoms with Gasteiger partial charge < -0.3 is 9.84 Å². The molecule has 0 fully saturated rings. The molecule has 0 spiro atoms. The summed E-state index contributed by atoms with van der Waals surface area (Å²) >= 11 is 0. The van der Waals surface area contributed by atoms with Gasteiger partial charge in [-0.2, -0.15) is 27.1 Å². The third-order valence-corrected chi connectivity index (χ3v) is 3.23. The standard InChI is InChI=1S/C17H12F6N2O3/c18-15(16(19,20)21)17(22,23)28-13-7-1-10(2-8-13)9-24-25-14(27)11-3-5-12(26)6-4-11/h1-9,15,26H,(H,25,27)/b24-9-/t15-/m1/s1. The van der Waals surface area contributed by atoms with Crippen LogP contribution in [0.4, 0.5) is 26.3 Å². The summed E-state index contributed by atoms with van der Waals surface area (Å²) in [5.41, 5.74) is 2.67. The summed E-state index contributed by atoms with van der Waals surface area (Å²) in [7, 11) is 0. The quantitative estimate of drug-likeness (QED) is 0.432. The molecule has 11 heteroatoms. The van der Waals surface area contributed by atoms with Gasteiger partial charge in [-0.05, 0) is 54.1 Å². The summed E-state index contributed by atoms with van der Waals surface area (Å²) < 4.78 is 79.1. The Bertz CT molecular complexity index is 835. The molecule has 5 nitrogen and oxygen atoms in total. The maximum Gasteiger partial charge on any atom is 0.439 e. The molecular formula is C17H12F6N2O3. The molecule has 0 saturated heterocycles. The zero-order chi connectivity index (χ0) is 20.9. The second-order valence-corrected chi connectivity index (χ2v) is 5.38. The number of hydrogen-bond acceptors (Lipinski definition) is 4. The van der Waals surface area contributed by atoms with Crippen molar-refractivity contribution in [2.75, 3.05) is 0 Å². The molecule has 0 unspecified atom stereocenters. The monoisotopic (exact) mass is 406 g/mol. The average Bonchev–Trinajstić information content (AvgIpc) is 2.62. The van der Waals surface area contributed by atoms with E-state index in [2.05, 4.69) is 15.3 Å². The van der Waals surface area contributed by atoms with Crippen molar-refractivity contribution in [1.29, 1.82) is 0 Å². The van der Waals surface area contributed by atoms with Crippen LogP contribution >= 0.6 is 0 Å². The Balaban J connectivity index is 1.96. The second-order valence-electron chi connectivity index (χ2n) is 5.38. The molecule has 1 atom stereocenters. The Morgan fingerprint density at radius 2 is 1.61 bits per heavy atom. The van der Waals surface area contributed by atoms with Gasteiger partial charge in [-0.15, -0.1) is 0 Å². The fourth-order valence-corrected chi connectivity index (χ4v) is 1.86. The third-order valence-electron chi connectivity index (χ3n) is 3.23. The minimum absolute atomic E-state index is 0.0257. The van der Waals surface area contributed by atoms with Gasteiger partial charge in [0.05, 0.1) is 6.21 Å². The van der Waals surface area contributed by atoms with Crippen LogP contribution < -0.4 is 10.2 Å². The van der Waals surface area contributed by atoms with Gasteiger partial charge >= 0.3 is 12.3 Å². The van der Waals surface area contributed by atoms with E-state index in [-0.39, 0.29) is 16.9 Å². The van der Waals surface area contributed by atoms with Gasteiger partial charge in [0.15, 0.2) is 0 Å². The van der Waals surface area contributed by atoms with Crippen LogP contribution in [-0.4, -0.2) is 35.7 Å². The lowest BCUT2D eigenvalue weighted by molar-refractivity contribution is -0.304. The lowest BCUT2D eigenvalue weighted by Crippen LogP contribution is -2.45. The van der Waals surface area contributed by atoms with Crippen molar-refractivity contribution in [3.8, 4) is 11.5 Å². The number of aromatic hydroxyl groups is 1. The van der Waals surface area contributed by atoms with Gasteiger partial charge in [0, 0.05) is 5.56 Å². The topological polar surface area (TPSA) is 70.9 Å². The zero-order valence-electron chi connectivity index (χ0n) is 13.8. The molecule has 2 aromatic rings. The highest BCUT2D eigenvalue weighted by Gasteiger charge is 2.59. The van der Waals surface area contributed by atoms with Gasteiger partial charge in [0.1, 0.15) is 11.5 Å². The molecule has 0 radical (unpaired) electrons. The van der Waals surface area contributed by atoms with Crippen molar-refractivity contribution in [2.45, 2.75) is 18.5 Å². The van der Waals surface area contributed by atoms with Crippen LogP contribution in [0.25, 0.3) is 0 Å². The van der Waals surface area contributed by atoms with Crippen LogP contribution in [-0.2, 0) is 0 Å². The number of phenolic OH excluding ortho intramolecular Hbond substituents is 1. The number of carbonyl (C=O) groups is 1. The number of hydrazone groups is 1. The molecule has 2 aromatic carbocycles. The number of carbonyl (C=O) groups excluding carboxylic acids is 1. The number of alkyl halides is 6. The zero-order valence-corrected chi connectivity index (χ0v) is 13.8. The Kier molecular flexibility index (Phi) is 6.16. The van der Waals surface area contributed by atoms with Crippen LogP contribution in [0.1, 0.15) is 15.9 Å². The SMILES string of the molecule is O=C(N/N=C\c1ccc(OC(F)(F)[C@H](F)C(F)(F)F)cc1)c1ccc(O)cc1. The van der Waals surface area contributed by atoms with E-state index in [1.807, 2.05) is 0 Å². The second kappa shape index (κ2) is 8.19. The average molecular weight is 406 g/mol. The van der Waals surface area contributed by atoms with Crippen LogP contribution in [0.3, 0.4) is 0 Å². The van der Waals surface area contributed by atoms with Gasteiger partial charge in [0.2, 0.25) is 0 Å². The largest absolute Gasteiger partial charge is 0.508 e. The molecule has 0 heterocycles. The first-order chi connectivity index (χ1) is 13.0. The fourth-order valence-electron chi connectivity index (χ4n) is 1.86. The number of amides is 1. The van der Waals surface area contributed by atoms with E-state index in [0.717, 1.165) is 30.5 Å². The van der Waals surface area contributed by atoms with E-state index < -0.39 is 30.1 Å². The summed E-state index contributed by atoms with van der Waals surface area (Å²) in [6.45, 7) is 0. The minimum Gasteiger partial charge on any atom is -0.508 e. The van der Waals surface area contributed by atoms with E-state index in [0.29, 0.717) is 0 Å². The lowest BCUT2D eigenvalue weighted by Gasteiger charge is -2.23. The van der Waals surface area contributed by atoms with E-state index in [1.54, 1.807) is 0 Å². The molecule has 0 aliphatic heterocycles. The molecule has 0 bridgehead atoms. The van der Waals surface area contributed by atoms with E-state index >= 15 is 0 Å². The summed E-state index contributed by atoms with van der Waals surface area (Å²) in [4.78, 5) is 11.8. The fraction of sp³-hybridized carbons (Fsp3) is 0.176. The summed E-state index contributed by atoms with van der Waals surface area (Å²) in [6, 6.07) is 9.39. The van der Waals surface area contributed by atoms with Crippen LogP contribution in [0.5, 0.6) is 11.5 Å². The van der Waals surface area contributed by atoms with Crippen molar-refractivity contribution in [2.24, 2.45) is 5.10 Å². The Hall–Kier alpha value is -3.24. The summed E-state index contributed by atoms with van der Waals surface area (Å²) in [5, 5.41) is 12.8. The molecule has 0 aliphatic carbocycles. The number of rotatable bonds is 6. The number of nitrogens with one attached hydrogen (secondary N) is 1. The molecule has 2 rings (SSSR count). The van der Waals surface area contributed by atoms with Crippen molar-refractivity contribution in [3.05, 3.63) is 59.7 Å². The molecule has 28 heavy (non-hydrogen) atoms. The Morgan fingerprint density at radius 1 is 1.04 bits per heavy atom. The third kappa shape index (κ3) is 5.63. The van der Waals surface area contributed by atoms with Crippen LogP contribution in [0.2, 0.25) is 0 Å². The first-order valence-corrected chi connectivity index (χ1v) is 7.49. The normalized spacial score (nSPS) is 13.4. The number of nitrogens with zero attached hydrogens (tertiary/aromatic N) is 1. The minimum atomic E-state index is -5.77.